The molecule has 94 valence electrons. The first-order valence-corrected chi connectivity index (χ1v) is 5.59. The molecule has 5 heteroatoms. The minimum Gasteiger partial charge on any atom is -0.463 e. The third-order valence-corrected chi connectivity index (χ3v) is 2.75. The highest BCUT2D eigenvalue weighted by atomic mass is 16.6. The fourth-order valence-electron chi connectivity index (χ4n) is 1.48. The van der Waals surface area contributed by atoms with Crippen molar-refractivity contribution < 1.29 is 19.0 Å². The summed E-state index contributed by atoms with van der Waals surface area (Å²) in [6, 6.07) is -0.286. The molecule has 1 saturated heterocycles. The smallest absolute Gasteiger partial charge is 0.315 e. The average molecular weight is 231 g/mol. The van der Waals surface area contributed by atoms with Crippen LogP contribution in [0.4, 0.5) is 0 Å². The lowest BCUT2D eigenvalue weighted by Crippen LogP contribution is -2.45. The number of nitrogens with two attached hydrogens (primary N) is 1. The van der Waals surface area contributed by atoms with Gasteiger partial charge in [0, 0.05) is 6.04 Å². The monoisotopic (exact) mass is 231 g/mol. The van der Waals surface area contributed by atoms with Crippen molar-refractivity contribution in [1.82, 2.24) is 0 Å². The highest BCUT2D eigenvalue weighted by molar-refractivity contribution is 5.78. The number of esters is 1. The molecule has 0 bridgehead atoms. The van der Waals surface area contributed by atoms with Crippen molar-refractivity contribution >= 4 is 5.97 Å². The van der Waals surface area contributed by atoms with Gasteiger partial charge in [-0.05, 0) is 20.8 Å². The summed E-state index contributed by atoms with van der Waals surface area (Å²) in [5.41, 5.74) is 5.10. The highest BCUT2D eigenvalue weighted by Crippen LogP contribution is 2.28. The second kappa shape index (κ2) is 5.61. The molecule has 0 aromatic heterocycles. The van der Waals surface area contributed by atoms with E-state index in [0.29, 0.717) is 19.8 Å². The van der Waals surface area contributed by atoms with E-state index in [0.717, 1.165) is 0 Å². The van der Waals surface area contributed by atoms with Gasteiger partial charge in [0.1, 0.15) is 12.0 Å². The summed E-state index contributed by atoms with van der Waals surface area (Å²) in [7, 11) is 0. The van der Waals surface area contributed by atoms with Crippen LogP contribution >= 0.6 is 0 Å². The van der Waals surface area contributed by atoms with E-state index < -0.39 is 5.41 Å². The molecule has 1 heterocycles. The predicted octanol–water partition coefficient (Wildman–Crippen LogP) is 0.318. The Morgan fingerprint density at radius 3 is 2.75 bits per heavy atom. The fourth-order valence-corrected chi connectivity index (χ4v) is 1.48. The Kier molecular flexibility index (Phi) is 4.70. The van der Waals surface area contributed by atoms with Crippen LogP contribution in [-0.2, 0) is 19.0 Å². The summed E-state index contributed by atoms with van der Waals surface area (Å²) in [4.78, 5) is 11.8. The maximum absolute atomic E-state index is 11.8. The summed E-state index contributed by atoms with van der Waals surface area (Å²) in [6.45, 7) is 7.06. The summed E-state index contributed by atoms with van der Waals surface area (Å²) in [5.74, 6) is -0.301. The molecule has 1 aliphatic heterocycles. The Morgan fingerprint density at radius 2 is 2.25 bits per heavy atom. The van der Waals surface area contributed by atoms with Gasteiger partial charge in [-0.1, -0.05) is 0 Å². The Morgan fingerprint density at radius 1 is 1.56 bits per heavy atom. The van der Waals surface area contributed by atoms with Gasteiger partial charge in [-0.3, -0.25) is 4.79 Å². The fraction of sp³-hybridized carbons (Fsp3) is 0.909. The number of rotatable bonds is 5. The van der Waals surface area contributed by atoms with E-state index in [-0.39, 0.29) is 24.7 Å². The molecule has 0 aliphatic carbocycles. The Hall–Kier alpha value is -0.650. The largest absolute Gasteiger partial charge is 0.463 e. The van der Waals surface area contributed by atoms with E-state index in [1.54, 1.807) is 6.92 Å². The summed E-state index contributed by atoms with van der Waals surface area (Å²) in [6.07, 6.45) is 0.145. The number of carbonyl (C=O) groups excluding carboxylic acids is 1. The first-order valence-electron chi connectivity index (χ1n) is 5.59. The number of carbonyl (C=O) groups is 1. The van der Waals surface area contributed by atoms with Crippen LogP contribution in [0, 0.1) is 5.41 Å². The Labute approximate surface area is 96.2 Å². The topological polar surface area (TPSA) is 70.8 Å². The summed E-state index contributed by atoms with van der Waals surface area (Å²) in [5, 5.41) is 0. The van der Waals surface area contributed by atoms with Crippen LogP contribution in [0.5, 0.6) is 0 Å². The van der Waals surface area contributed by atoms with Crippen LogP contribution in [0.1, 0.15) is 20.8 Å². The van der Waals surface area contributed by atoms with Crippen molar-refractivity contribution in [3.8, 4) is 0 Å². The van der Waals surface area contributed by atoms with Crippen molar-refractivity contribution in [2.45, 2.75) is 32.9 Å². The second-order valence-electron chi connectivity index (χ2n) is 4.59. The van der Waals surface area contributed by atoms with Crippen molar-refractivity contribution in [2.24, 2.45) is 11.1 Å². The van der Waals surface area contributed by atoms with E-state index >= 15 is 0 Å². The van der Waals surface area contributed by atoms with Gasteiger partial charge in [0.25, 0.3) is 0 Å². The van der Waals surface area contributed by atoms with Crippen LogP contribution < -0.4 is 5.73 Å². The molecule has 0 radical (unpaired) electrons. The number of hydrogen-bond donors (Lipinski definition) is 1. The zero-order chi connectivity index (χ0) is 12.2. The highest BCUT2D eigenvalue weighted by Gasteiger charge is 2.45. The molecule has 2 unspecified atom stereocenters. The van der Waals surface area contributed by atoms with Gasteiger partial charge in [-0.2, -0.15) is 0 Å². The Bertz CT molecular complexity index is 244. The molecule has 2 N–H and O–H groups in total. The predicted molar refractivity (Wildman–Crippen MR) is 58.9 cm³/mol. The lowest BCUT2D eigenvalue weighted by atomic mass is 9.86. The minimum absolute atomic E-state index is 0.145. The first kappa shape index (κ1) is 13.4. The average Bonchev–Trinajstić information content (AvgIpc) is 2.55. The van der Waals surface area contributed by atoms with Crippen LogP contribution in [0.15, 0.2) is 0 Å². The molecule has 0 aromatic carbocycles. The van der Waals surface area contributed by atoms with E-state index in [2.05, 4.69) is 0 Å². The van der Waals surface area contributed by atoms with E-state index in [4.69, 9.17) is 19.9 Å². The minimum atomic E-state index is -0.710. The lowest BCUT2D eigenvalue weighted by Gasteiger charge is -2.24. The van der Waals surface area contributed by atoms with Gasteiger partial charge in [-0.25, -0.2) is 0 Å². The van der Waals surface area contributed by atoms with Crippen molar-refractivity contribution in [3.63, 3.8) is 0 Å². The molecule has 1 aliphatic rings. The molecule has 0 amide bonds. The van der Waals surface area contributed by atoms with Gasteiger partial charge in [0.2, 0.25) is 0 Å². The second-order valence-corrected chi connectivity index (χ2v) is 4.59. The van der Waals surface area contributed by atoms with Crippen molar-refractivity contribution in [3.05, 3.63) is 0 Å². The van der Waals surface area contributed by atoms with Gasteiger partial charge in [0.05, 0.1) is 25.9 Å². The van der Waals surface area contributed by atoms with Gasteiger partial charge in [0.15, 0.2) is 0 Å². The molecular formula is C11H21NO4. The maximum atomic E-state index is 11.8. The first-order chi connectivity index (χ1) is 7.47. The molecular weight excluding hydrogens is 210 g/mol. The molecule has 1 fully saturated rings. The normalized spacial score (nSPS) is 29.7. The SMILES string of the molecule is CC(C)OCCOC(=O)C1(C)COCC1N. The molecule has 5 nitrogen and oxygen atoms in total. The zero-order valence-electron chi connectivity index (χ0n) is 10.2. The van der Waals surface area contributed by atoms with Crippen LogP contribution in [0.25, 0.3) is 0 Å². The van der Waals surface area contributed by atoms with Crippen LogP contribution in [0.3, 0.4) is 0 Å². The van der Waals surface area contributed by atoms with Gasteiger partial charge < -0.3 is 19.9 Å². The summed E-state index contributed by atoms with van der Waals surface area (Å²) >= 11 is 0. The van der Waals surface area contributed by atoms with Gasteiger partial charge >= 0.3 is 5.97 Å². The van der Waals surface area contributed by atoms with E-state index in [9.17, 15) is 4.79 Å². The van der Waals surface area contributed by atoms with Crippen LogP contribution in [-0.4, -0.2) is 44.5 Å². The molecule has 1 rings (SSSR count). The molecule has 0 saturated carbocycles. The Balaban J connectivity index is 2.29. The third kappa shape index (κ3) is 3.17. The molecule has 2 atom stereocenters. The quantitative estimate of drug-likeness (QED) is 0.545. The lowest BCUT2D eigenvalue weighted by molar-refractivity contribution is -0.157. The van der Waals surface area contributed by atoms with Crippen molar-refractivity contribution in [2.75, 3.05) is 26.4 Å². The zero-order valence-corrected chi connectivity index (χ0v) is 10.2. The van der Waals surface area contributed by atoms with Crippen molar-refractivity contribution in [1.29, 1.82) is 0 Å². The molecule has 0 spiro atoms. The number of ether oxygens (including phenoxy) is 3. The van der Waals surface area contributed by atoms with Crippen LogP contribution in [0.2, 0.25) is 0 Å². The van der Waals surface area contributed by atoms with E-state index in [1.807, 2.05) is 13.8 Å². The standard InChI is InChI=1S/C11H21NO4/c1-8(2)15-4-5-16-10(13)11(3)7-14-6-9(11)12/h8-9H,4-7,12H2,1-3H3. The maximum Gasteiger partial charge on any atom is 0.315 e. The van der Waals surface area contributed by atoms with E-state index in [1.165, 1.54) is 0 Å². The molecule has 16 heavy (non-hydrogen) atoms. The summed E-state index contributed by atoms with van der Waals surface area (Å²) < 4.78 is 15.6. The van der Waals surface area contributed by atoms with Gasteiger partial charge in [-0.15, -0.1) is 0 Å². The number of hydrogen-bond acceptors (Lipinski definition) is 5. The third-order valence-electron chi connectivity index (χ3n) is 2.75. The molecule has 0 aromatic rings.